The zero-order valence-corrected chi connectivity index (χ0v) is 12.1. The number of hydrogen-bond donors (Lipinski definition) is 2. The van der Waals surface area contributed by atoms with Gasteiger partial charge in [-0.05, 0) is 33.2 Å². The molecule has 3 unspecified atom stereocenters. The van der Waals surface area contributed by atoms with Crippen molar-refractivity contribution in [2.45, 2.75) is 24.7 Å². The Kier molecular flexibility index (Phi) is 3.34. The number of hydrogen-bond acceptors (Lipinski definition) is 3. The van der Waals surface area contributed by atoms with E-state index in [1.165, 1.54) is 16.2 Å². The van der Waals surface area contributed by atoms with Crippen molar-refractivity contribution in [3.8, 4) is 0 Å². The lowest BCUT2D eigenvalue weighted by Crippen LogP contribution is -2.24. The van der Waals surface area contributed by atoms with Crippen LogP contribution in [0.1, 0.15) is 18.1 Å². The molecular weight excluding hydrogens is 276 g/mol. The second kappa shape index (κ2) is 5.36. The molecule has 2 N–H and O–H groups in total. The molecule has 1 aliphatic heterocycles. The van der Waals surface area contributed by atoms with Crippen molar-refractivity contribution in [3.05, 3.63) is 60.2 Å². The Hall–Kier alpha value is -1.94. The van der Waals surface area contributed by atoms with Gasteiger partial charge in [0.1, 0.15) is 6.10 Å². The van der Waals surface area contributed by atoms with Crippen molar-refractivity contribution in [3.63, 3.8) is 0 Å². The summed E-state index contributed by atoms with van der Waals surface area (Å²) in [6.45, 7) is -0.150. The molecule has 3 atom stereocenters. The average Bonchev–Trinajstić information content (AvgIpc) is 2.95. The molecule has 22 heavy (non-hydrogen) atoms. The minimum absolute atomic E-state index is 0.150. The molecule has 0 saturated carbocycles. The van der Waals surface area contributed by atoms with Crippen LogP contribution >= 0.6 is 0 Å². The number of ether oxygens (including phenoxy) is 1. The highest BCUT2D eigenvalue weighted by Gasteiger charge is 2.35. The van der Waals surface area contributed by atoms with Gasteiger partial charge in [-0.3, -0.25) is 0 Å². The maximum Gasteiger partial charge on any atom is 0.107 e. The van der Waals surface area contributed by atoms with Gasteiger partial charge in [0.2, 0.25) is 0 Å². The summed E-state index contributed by atoms with van der Waals surface area (Å²) in [6, 6.07) is 18.7. The first-order valence-corrected chi connectivity index (χ1v) is 7.62. The van der Waals surface area contributed by atoms with Gasteiger partial charge in [-0.1, -0.05) is 48.5 Å². The van der Waals surface area contributed by atoms with Gasteiger partial charge in [-0.15, -0.1) is 0 Å². The van der Waals surface area contributed by atoms with Gasteiger partial charge in [0, 0.05) is 6.42 Å². The van der Waals surface area contributed by atoms with Crippen LogP contribution in [0.4, 0.5) is 0 Å². The molecule has 3 nitrogen and oxygen atoms in total. The van der Waals surface area contributed by atoms with Crippen LogP contribution in [0.15, 0.2) is 54.6 Å². The largest absolute Gasteiger partial charge is 0.394 e. The van der Waals surface area contributed by atoms with E-state index >= 15 is 0 Å². The van der Waals surface area contributed by atoms with Gasteiger partial charge >= 0.3 is 0 Å². The van der Waals surface area contributed by atoms with Crippen molar-refractivity contribution in [1.29, 1.82) is 0 Å². The van der Waals surface area contributed by atoms with Crippen LogP contribution in [-0.4, -0.2) is 29.0 Å². The average molecular weight is 294 g/mol. The maximum atomic E-state index is 10.0. The third kappa shape index (κ3) is 2.10. The number of aliphatic hydroxyl groups is 2. The van der Waals surface area contributed by atoms with E-state index in [2.05, 4.69) is 30.3 Å². The Labute approximate surface area is 128 Å². The molecule has 1 heterocycles. The van der Waals surface area contributed by atoms with Crippen molar-refractivity contribution in [2.75, 3.05) is 6.61 Å². The van der Waals surface area contributed by atoms with E-state index in [0.29, 0.717) is 6.42 Å². The van der Waals surface area contributed by atoms with Gasteiger partial charge in [-0.25, -0.2) is 0 Å². The zero-order valence-electron chi connectivity index (χ0n) is 12.1. The quantitative estimate of drug-likeness (QED) is 0.714. The standard InChI is InChI=1S/C19H18O3/c20-11-19-17(21)10-18(22-19)16-9-12-5-1-2-6-13(12)14-7-3-4-8-15(14)16/h1-9,17-21H,10-11H2. The second-order valence-corrected chi connectivity index (χ2v) is 5.88. The Morgan fingerprint density at radius 3 is 2.36 bits per heavy atom. The molecule has 0 aromatic heterocycles. The van der Waals surface area contributed by atoms with Crippen LogP contribution in [0.5, 0.6) is 0 Å². The van der Waals surface area contributed by atoms with Crippen molar-refractivity contribution < 1.29 is 14.9 Å². The molecule has 0 spiro atoms. The molecule has 3 aromatic carbocycles. The van der Waals surface area contributed by atoms with Crippen LogP contribution in [0, 0.1) is 0 Å². The minimum atomic E-state index is -0.611. The predicted molar refractivity (Wildman–Crippen MR) is 86.8 cm³/mol. The molecule has 3 heteroatoms. The lowest BCUT2D eigenvalue weighted by atomic mass is 9.93. The number of aliphatic hydroxyl groups excluding tert-OH is 2. The van der Waals surface area contributed by atoms with Crippen LogP contribution in [0.25, 0.3) is 21.5 Å². The predicted octanol–water partition coefficient (Wildman–Crippen LogP) is 3.18. The molecule has 0 aliphatic carbocycles. The van der Waals surface area contributed by atoms with Gasteiger partial charge in [0.25, 0.3) is 0 Å². The lowest BCUT2D eigenvalue weighted by molar-refractivity contribution is -0.0221. The summed E-state index contributed by atoms with van der Waals surface area (Å²) in [5, 5.41) is 24.1. The van der Waals surface area contributed by atoms with Crippen LogP contribution in [-0.2, 0) is 4.74 Å². The molecular formula is C19H18O3. The highest BCUT2D eigenvalue weighted by molar-refractivity contribution is 6.09. The maximum absolute atomic E-state index is 10.0. The van der Waals surface area contributed by atoms with Gasteiger partial charge in [-0.2, -0.15) is 0 Å². The molecule has 112 valence electrons. The summed E-state index contributed by atoms with van der Waals surface area (Å²) < 4.78 is 5.87. The smallest absolute Gasteiger partial charge is 0.107 e. The van der Waals surface area contributed by atoms with Crippen LogP contribution in [0.3, 0.4) is 0 Å². The molecule has 3 aromatic rings. The first-order chi connectivity index (χ1) is 10.8. The molecule has 0 bridgehead atoms. The van der Waals surface area contributed by atoms with E-state index in [1.54, 1.807) is 0 Å². The fraction of sp³-hybridized carbons (Fsp3) is 0.263. The van der Waals surface area contributed by atoms with E-state index < -0.39 is 12.2 Å². The summed E-state index contributed by atoms with van der Waals surface area (Å²) in [7, 11) is 0. The third-order valence-electron chi connectivity index (χ3n) is 4.55. The monoisotopic (exact) mass is 294 g/mol. The van der Waals surface area contributed by atoms with Crippen molar-refractivity contribution in [2.24, 2.45) is 0 Å². The van der Waals surface area contributed by atoms with Crippen LogP contribution in [0.2, 0.25) is 0 Å². The molecule has 1 aliphatic rings. The number of fused-ring (bicyclic) bond motifs is 3. The number of rotatable bonds is 2. The SMILES string of the molecule is OCC1OC(c2cc3ccccc3c3ccccc23)CC1O. The highest BCUT2D eigenvalue weighted by Crippen LogP contribution is 2.39. The van der Waals surface area contributed by atoms with E-state index in [9.17, 15) is 10.2 Å². The van der Waals surface area contributed by atoms with Gasteiger partial charge in [0.05, 0.1) is 18.8 Å². The highest BCUT2D eigenvalue weighted by atomic mass is 16.5. The summed E-state index contributed by atoms with van der Waals surface area (Å²) >= 11 is 0. The summed E-state index contributed by atoms with van der Waals surface area (Å²) in [6.07, 6.45) is -0.759. The van der Waals surface area contributed by atoms with Gasteiger partial charge < -0.3 is 14.9 Å². The molecule has 0 amide bonds. The van der Waals surface area contributed by atoms with Crippen molar-refractivity contribution >= 4 is 21.5 Å². The first kappa shape index (κ1) is 13.7. The van der Waals surface area contributed by atoms with E-state index in [1.807, 2.05) is 24.3 Å². The Morgan fingerprint density at radius 1 is 0.955 bits per heavy atom. The molecule has 4 rings (SSSR count). The number of benzene rings is 3. The third-order valence-corrected chi connectivity index (χ3v) is 4.55. The lowest BCUT2D eigenvalue weighted by Gasteiger charge is -2.16. The second-order valence-electron chi connectivity index (χ2n) is 5.88. The van der Waals surface area contributed by atoms with Crippen LogP contribution < -0.4 is 0 Å². The first-order valence-electron chi connectivity index (χ1n) is 7.62. The Balaban J connectivity index is 1.93. The topological polar surface area (TPSA) is 49.7 Å². The summed E-state index contributed by atoms with van der Waals surface area (Å²) in [4.78, 5) is 0. The van der Waals surface area contributed by atoms with E-state index in [-0.39, 0.29) is 12.7 Å². The summed E-state index contributed by atoms with van der Waals surface area (Å²) in [5.41, 5.74) is 1.09. The summed E-state index contributed by atoms with van der Waals surface area (Å²) in [5.74, 6) is 0. The normalized spacial score (nSPS) is 25.1. The van der Waals surface area contributed by atoms with E-state index in [4.69, 9.17) is 4.74 Å². The molecule has 1 fully saturated rings. The fourth-order valence-corrected chi connectivity index (χ4v) is 3.44. The van der Waals surface area contributed by atoms with Gasteiger partial charge in [0.15, 0.2) is 0 Å². The van der Waals surface area contributed by atoms with Crippen molar-refractivity contribution in [1.82, 2.24) is 0 Å². The minimum Gasteiger partial charge on any atom is -0.394 e. The Morgan fingerprint density at radius 2 is 1.64 bits per heavy atom. The molecule has 0 radical (unpaired) electrons. The molecule has 1 saturated heterocycles. The Bertz CT molecular complexity index is 827. The fourth-order valence-electron chi connectivity index (χ4n) is 3.44. The zero-order chi connectivity index (χ0) is 15.1. The van der Waals surface area contributed by atoms with E-state index in [0.717, 1.165) is 10.9 Å².